The number of nitrogens with zero attached hydrogens (tertiary/aromatic N) is 1. The number of benzene rings is 2. The first-order valence-corrected chi connectivity index (χ1v) is 8.39. The van der Waals surface area contributed by atoms with Gasteiger partial charge in [0.15, 0.2) is 5.78 Å². The predicted molar refractivity (Wildman–Crippen MR) is 89.6 cm³/mol. The highest BCUT2D eigenvalue weighted by Crippen LogP contribution is 2.30. The van der Waals surface area contributed by atoms with Gasteiger partial charge in [0, 0.05) is 17.9 Å². The molecule has 1 heterocycles. The summed E-state index contributed by atoms with van der Waals surface area (Å²) in [5, 5.41) is 9.96. The molecule has 0 amide bonds. The summed E-state index contributed by atoms with van der Waals surface area (Å²) in [5.74, 6) is 0.907. The van der Waals surface area contributed by atoms with E-state index >= 15 is 0 Å². The van der Waals surface area contributed by atoms with Crippen LogP contribution in [0.2, 0.25) is 0 Å². The molecule has 4 heteroatoms. The molecule has 2 atom stereocenters. The van der Waals surface area contributed by atoms with Gasteiger partial charge in [-0.2, -0.15) is 0 Å². The van der Waals surface area contributed by atoms with Crippen molar-refractivity contribution >= 4 is 17.7 Å². The Morgan fingerprint density at radius 2 is 1.73 bits per heavy atom. The van der Waals surface area contributed by atoms with Crippen molar-refractivity contribution in [1.29, 1.82) is 0 Å². The molecule has 1 saturated heterocycles. The monoisotopic (exact) mass is 313 g/mol. The van der Waals surface area contributed by atoms with E-state index in [-0.39, 0.29) is 11.8 Å². The minimum atomic E-state index is -0.430. The average Bonchev–Trinajstić information content (AvgIpc) is 2.95. The Kier molecular flexibility index (Phi) is 4.93. The molecule has 0 bridgehead atoms. The van der Waals surface area contributed by atoms with Gasteiger partial charge in [0.25, 0.3) is 0 Å². The summed E-state index contributed by atoms with van der Waals surface area (Å²) in [7, 11) is 0. The summed E-state index contributed by atoms with van der Waals surface area (Å²) < 4.78 is 2.03. The van der Waals surface area contributed by atoms with Crippen molar-refractivity contribution < 1.29 is 9.90 Å². The fourth-order valence-electron chi connectivity index (χ4n) is 2.69. The fraction of sp³-hybridized carbons (Fsp3) is 0.278. The minimum absolute atomic E-state index is 0.0951. The molecule has 0 unspecified atom stereocenters. The Hall–Kier alpha value is -1.62. The highest BCUT2D eigenvalue weighted by Gasteiger charge is 2.36. The molecule has 1 aliphatic rings. The molecule has 0 spiro atoms. The van der Waals surface area contributed by atoms with Gasteiger partial charge < -0.3 is 5.11 Å². The van der Waals surface area contributed by atoms with Crippen molar-refractivity contribution in [3.05, 3.63) is 71.8 Å². The van der Waals surface area contributed by atoms with Gasteiger partial charge in [-0.25, -0.2) is 4.31 Å². The molecule has 1 N–H and O–H groups in total. The molecule has 0 aliphatic carbocycles. The van der Waals surface area contributed by atoms with E-state index in [2.05, 4.69) is 12.1 Å². The maximum Gasteiger partial charge on any atom is 0.180 e. The number of ketones is 1. The van der Waals surface area contributed by atoms with Crippen molar-refractivity contribution in [2.45, 2.75) is 24.3 Å². The number of Topliss-reactive ketones (excluding diaryl/α,β-unsaturated/α-hetero) is 1. The molecule has 0 saturated carbocycles. The third-order valence-corrected chi connectivity index (χ3v) is 5.03. The van der Waals surface area contributed by atoms with Gasteiger partial charge >= 0.3 is 0 Å². The van der Waals surface area contributed by atoms with E-state index in [0.717, 1.165) is 5.75 Å². The summed E-state index contributed by atoms with van der Waals surface area (Å²) >= 11 is 1.62. The zero-order valence-corrected chi connectivity index (χ0v) is 13.1. The lowest BCUT2D eigenvalue weighted by molar-refractivity contribution is 0.0919. The van der Waals surface area contributed by atoms with Crippen molar-refractivity contribution in [3.63, 3.8) is 0 Å². The van der Waals surface area contributed by atoms with Crippen molar-refractivity contribution in [3.8, 4) is 0 Å². The smallest absolute Gasteiger partial charge is 0.180 e. The number of aliphatic hydroxyl groups is 1. The van der Waals surface area contributed by atoms with Crippen LogP contribution in [0.25, 0.3) is 0 Å². The van der Waals surface area contributed by atoms with Gasteiger partial charge in [0.1, 0.15) is 0 Å². The number of carbonyl (C=O) groups is 1. The maximum absolute atomic E-state index is 12.6. The normalized spacial score (nSPS) is 21.9. The molecule has 1 fully saturated rings. The number of aliphatic hydroxyl groups excluding tert-OH is 1. The maximum atomic E-state index is 12.6. The third-order valence-electron chi connectivity index (χ3n) is 3.83. The lowest BCUT2D eigenvalue weighted by Gasteiger charge is -2.21. The summed E-state index contributed by atoms with van der Waals surface area (Å²) in [6.45, 7) is 0.542. The first-order chi connectivity index (χ1) is 10.7. The SMILES string of the molecule is O=C(c1ccccc1)[C@@H]1C[C@H](O)CN1SCc1ccccc1. The summed E-state index contributed by atoms with van der Waals surface area (Å²) in [6, 6.07) is 19.3. The number of rotatable bonds is 5. The van der Waals surface area contributed by atoms with Crippen LogP contribution >= 0.6 is 11.9 Å². The Morgan fingerprint density at radius 1 is 1.09 bits per heavy atom. The molecule has 0 aromatic heterocycles. The molecular formula is C18H19NO2S. The van der Waals surface area contributed by atoms with E-state index in [1.807, 2.05) is 52.8 Å². The fourth-order valence-corrected chi connectivity index (χ4v) is 3.84. The molecule has 0 radical (unpaired) electrons. The quantitative estimate of drug-likeness (QED) is 0.680. The van der Waals surface area contributed by atoms with Gasteiger partial charge in [0.05, 0.1) is 12.1 Å². The van der Waals surface area contributed by atoms with Gasteiger partial charge in [-0.1, -0.05) is 72.6 Å². The number of β-amino-alcohol motifs (C(OH)–C–C–N with tert-alkyl or cyclic N) is 1. The van der Waals surface area contributed by atoms with Gasteiger partial charge in [-0.05, 0) is 12.0 Å². The van der Waals surface area contributed by atoms with Crippen LogP contribution < -0.4 is 0 Å². The third kappa shape index (κ3) is 3.58. The average molecular weight is 313 g/mol. The second kappa shape index (κ2) is 7.09. The minimum Gasteiger partial charge on any atom is -0.392 e. The lowest BCUT2D eigenvalue weighted by atomic mass is 10.0. The van der Waals surface area contributed by atoms with Crippen molar-refractivity contribution in [2.75, 3.05) is 6.54 Å². The van der Waals surface area contributed by atoms with E-state index < -0.39 is 6.10 Å². The zero-order chi connectivity index (χ0) is 15.4. The Balaban J connectivity index is 1.68. The highest BCUT2D eigenvalue weighted by molar-refractivity contribution is 7.96. The van der Waals surface area contributed by atoms with Crippen molar-refractivity contribution in [2.24, 2.45) is 0 Å². The largest absolute Gasteiger partial charge is 0.392 e. The number of carbonyl (C=O) groups excluding carboxylic acids is 1. The Labute approximate surface area is 135 Å². The van der Waals surface area contributed by atoms with E-state index in [1.54, 1.807) is 11.9 Å². The van der Waals surface area contributed by atoms with Crippen LogP contribution in [0.15, 0.2) is 60.7 Å². The van der Waals surface area contributed by atoms with Gasteiger partial charge in [-0.3, -0.25) is 4.79 Å². The molecule has 3 nitrogen and oxygen atoms in total. The molecule has 3 rings (SSSR count). The number of hydrogen-bond acceptors (Lipinski definition) is 4. The van der Waals surface area contributed by atoms with Gasteiger partial charge in [-0.15, -0.1) is 0 Å². The highest BCUT2D eigenvalue weighted by atomic mass is 32.2. The summed E-state index contributed by atoms with van der Waals surface area (Å²) in [5.41, 5.74) is 1.94. The van der Waals surface area contributed by atoms with Crippen LogP contribution in [0.5, 0.6) is 0 Å². The second-order valence-electron chi connectivity index (χ2n) is 5.49. The van der Waals surface area contributed by atoms with E-state index in [1.165, 1.54) is 5.56 Å². The molecule has 2 aromatic rings. The molecule has 2 aromatic carbocycles. The first kappa shape index (κ1) is 15.3. The van der Waals surface area contributed by atoms with Crippen LogP contribution in [-0.2, 0) is 5.75 Å². The Morgan fingerprint density at radius 3 is 2.41 bits per heavy atom. The van der Waals surface area contributed by atoms with Crippen molar-refractivity contribution in [1.82, 2.24) is 4.31 Å². The van der Waals surface area contributed by atoms with Crippen LogP contribution in [0.3, 0.4) is 0 Å². The summed E-state index contributed by atoms with van der Waals surface area (Å²) in [4.78, 5) is 12.6. The predicted octanol–water partition coefficient (Wildman–Crippen LogP) is 3.15. The molecule has 22 heavy (non-hydrogen) atoms. The van der Waals surface area contributed by atoms with E-state index in [4.69, 9.17) is 0 Å². The molecule has 1 aliphatic heterocycles. The molecule has 114 valence electrons. The molecular weight excluding hydrogens is 294 g/mol. The zero-order valence-electron chi connectivity index (χ0n) is 12.3. The van der Waals surface area contributed by atoms with Crippen LogP contribution in [-0.4, -0.2) is 33.9 Å². The van der Waals surface area contributed by atoms with Crippen LogP contribution in [0.1, 0.15) is 22.3 Å². The van der Waals surface area contributed by atoms with Gasteiger partial charge in [0.2, 0.25) is 0 Å². The van der Waals surface area contributed by atoms with Crippen LogP contribution in [0, 0.1) is 0 Å². The number of hydrogen-bond donors (Lipinski definition) is 1. The topological polar surface area (TPSA) is 40.5 Å². The Bertz CT molecular complexity index is 617. The standard InChI is InChI=1S/C18H19NO2S/c20-16-11-17(18(21)15-9-5-2-6-10-15)19(12-16)22-13-14-7-3-1-4-8-14/h1-10,16-17,20H,11-13H2/t16-,17-/m0/s1. The first-order valence-electron chi connectivity index (χ1n) is 7.45. The van der Waals surface area contributed by atoms with E-state index in [0.29, 0.717) is 18.5 Å². The van der Waals surface area contributed by atoms with E-state index in [9.17, 15) is 9.90 Å². The second-order valence-corrected chi connectivity index (χ2v) is 6.51. The van der Waals surface area contributed by atoms with Crippen LogP contribution in [0.4, 0.5) is 0 Å². The lowest BCUT2D eigenvalue weighted by Crippen LogP contribution is -2.31. The summed E-state index contributed by atoms with van der Waals surface area (Å²) in [6.07, 6.45) is 0.0798.